The zero-order valence-electron chi connectivity index (χ0n) is 13.9. The van der Waals surface area contributed by atoms with Gasteiger partial charge >= 0.3 is 6.36 Å². The predicted octanol–water partition coefficient (Wildman–Crippen LogP) is 2.70. The van der Waals surface area contributed by atoms with Gasteiger partial charge in [-0.25, -0.2) is 0 Å². The molecule has 0 saturated carbocycles. The van der Waals surface area contributed by atoms with E-state index in [2.05, 4.69) is 15.0 Å². The largest absolute Gasteiger partial charge is 0.573 e. The Morgan fingerprint density at radius 3 is 2.69 bits per heavy atom. The first kappa shape index (κ1) is 18.2. The van der Waals surface area contributed by atoms with Gasteiger partial charge in [0.25, 0.3) is 0 Å². The van der Waals surface area contributed by atoms with Crippen LogP contribution in [0.3, 0.4) is 0 Å². The summed E-state index contributed by atoms with van der Waals surface area (Å²) in [6, 6.07) is 9.01. The maximum absolute atomic E-state index is 12.7. The zero-order chi connectivity index (χ0) is 18.6. The fourth-order valence-corrected chi connectivity index (χ4v) is 2.96. The number of pyridine rings is 1. The van der Waals surface area contributed by atoms with Crippen LogP contribution in [0.2, 0.25) is 0 Å². The Bertz CT molecular complexity index is 736. The first-order chi connectivity index (χ1) is 12.4. The molecule has 3 rings (SSSR count). The van der Waals surface area contributed by atoms with Gasteiger partial charge in [-0.15, -0.1) is 13.2 Å². The van der Waals surface area contributed by atoms with Crippen molar-refractivity contribution >= 4 is 5.91 Å². The van der Waals surface area contributed by atoms with E-state index in [-0.39, 0.29) is 24.1 Å². The number of alkyl halides is 3. The van der Waals surface area contributed by atoms with Crippen LogP contribution in [0.4, 0.5) is 13.2 Å². The molecule has 8 heteroatoms. The van der Waals surface area contributed by atoms with Crippen molar-refractivity contribution in [2.24, 2.45) is 0 Å². The number of nitrogens with one attached hydrogen (secondary N) is 1. The summed E-state index contributed by atoms with van der Waals surface area (Å²) in [5, 5.41) is 3.27. The standard InChI is InChI=1S/C18H18F3N3O2/c19-18(20,21)26-15-5-3-13(4-6-15)10-17(25)24-9-8-23-12-16(24)14-2-1-7-22-11-14/h1-7,11,16,23H,8-10,12H2. The van der Waals surface area contributed by atoms with Crippen molar-refractivity contribution in [1.29, 1.82) is 0 Å². The minimum atomic E-state index is -4.73. The Kier molecular flexibility index (Phi) is 5.41. The van der Waals surface area contributed by atoms with Crippen LogP contribution in [0.1, 0.15) is 17.2 Å². The molecule has 1 saturated heterocycles. The molecule has 1 atom stereocenters. The number of carbonyl (C=O) groups is 1. The third-order valence-corrected chi connectivity index (χ3v) is 4.15. The molecule has 1 amide bonds. The molecule has 2 aromatic rings. The third kappa shape index (κ3) is 4.72. The van der Waals surface area contributed by atoms with Crippen molar-refractivity contribution in [3.05, 3.63) is 59.9 Å². The highest BCUT2D eigenvalue weighted by atomic mass is 19.4. The van der Waals surface area contributed by atoms with Gasteiger partial charge < -0.3 is 15.0 Å². The van der Waals surface area contributed by atoms with Gasteiger partial charge in [-0.05, 0) is 29.3 Å². The topological polar surface area (TPSA) is 54.5 Å². The fraction of sp³-hybridized carbons (Fsp3) is 0.333. The van der Waals surface area contributed by atoms with Crippen LogP contribution in [0.25, 0.3) is 0 Å². The number of nitrogens with zero attached hydrogens (tertiary/aromatic N) is 2. The predicted molar refractivity (Wildman–Crippen MR) is 88.4 cm³/mol. The molecular formula is C18H18F3N3O2. The van der Waals surface area contributed by atoms with Crippen LogP contribution in [0.5, 0.6) is 5.75 Å². The highest BCUT2D eigenvalue weighted by Crippen LogP contribution is 2.25. The lowest BCUT2D eigenvalue weighted by Crippen LogP contribution is -2.49. The number of hydrogen-bond donors (Lipinski definition) is 1. The van der Waals surface area contributed by atoms with Crippen LogP contribution in [-0.4, -0.2) is 41.8 Å². The van der Waals surface area contributed by atoms with Gasteiger partial charge in [0.05, 0.1) is 12.5 Å². The first-order valence-corrected chi connectivity index (χ1v) is 8.17. The number of carbonyl (C=O) groups excluding carboxylic acids is 1. The quantitative estimate of drug-likeness (QED) is 0.905. The highest BCUT2D eigenvalue weighted by Gasteiger charge is 2.31. The lowest BCUT2D eigenvalue weighted by Gasteiger charge is -2.36. The molecule has 1 unspecified atom stereocenters. The minimum absolute atomic E-state index is 0.0788. The molecule has 26 heavy (non-hydrogen) atoms. The van der Waals surface area contributed by atoms with E-state index in [4.69, 9.17) is 0 Å². The third-order valence-electron chi connectivity index (χ3n) is 4.15. The fourth-order valence-electron chi connectivity index (χ4n) is 2.96. The second-order valence-electron chi connectivity index (χ2n) is 5.96. The van der Waals surface area contributed by atoms with Crippen molar-refractivity contribution < 1.29 is 22.7 Å². The first-order valence-electron chi connectivity index (χ1n) is 8.17. The molecule has 2 heterocycles. The van der Waals surface area contributed by atoms with E-state index in [0.29, 0.717) is 25.2 Å². The molecule has 0 aliphatic carbocycles. The molecule has 138 valence electrons. The number of rotatable bonds is 4. The summed E-state index contributed by atoms with van der Waals surface area (Å²) in [4.78, 5) is 18.6. The molecule has 0 spiro atoms. The summed E-state index contributed by atoms with van der Waals surface area (Å²) in [5.74, 6) is -0.381. The van der Waals surface area contributed by atoms with Crippen LogP contribution in [-0.2, 0) is 11.2 Å². The van der Waals surface area contributed by atoms with Gasteiger partial charge in [0.2, 0.25) is 5.91 Å². The Morgan fingerprint density at radius 1 is 1.27 bits per heavy atom. The van der Waals surface area contributed by atoms with E-state index < -0.39 is 6.36 Å². The number of hydrogen-bond acceptors (Lipinski definition) is 4. The highest BCUT2D eigenvalue weighted by molar-refractivity contribution is 5.79. The van der Waals surface area contributed by atoms with Gasteiger partial charge in [0.15, 0.2) is 0 Å². The van der Waals surface area contributed by atoms with Crippen LogP contribution < -0.4 is 10.1 Å². The monoisotopic (exact) mass is 365 g/mol. The molecule has 1 aromatic heterocycles. The lowest BCUT2D eigenvalue weighted by atomic mass is 10.0. The maximum Gasteiger partial charge on any atom is 0.573 e. The zero-order valence-corrected chi connectivity index (χ0v) is 13.9. The maximum atomic E-state index is 12.7. The van der Waals surface area contributed by atoms with Crippen molar-refractivity contribution in [3.63, 3.8) is 0 Å². The minimum Gasteiger partial charge on any atom is -0.406 e. The Labute approximate surface area is 148 Å². The summed E-state index contributed by atoms with van der Waals surface area (Å²) < 4.78 is 40.5. The summed E-state index contributed by atoms with van der Waals surface area (Å²) >= 11 is 0. The Hall–Kier alpha value is -2.61. The van der Waals surface area contributed by atoms with E-state index in [1.807, 2.05) is 12.1 Å². The van der Waals surface area contributed by atoms with Gasteiger partial charge in [-0.3, -0.25) is 9.78 Å². The number of benzene rings is 1. The number of halogens is 3. The Balaban J connectivity index is 1.68. The van der Waals surface area contributed by atoms with Crippen LogP contribution >= 0.6 is 0 Å². The summed E-state index contributed by atoms with van der Waals surface area (Å²) in [6.45, 7) is 1.89. The summed E-state index contributed by atoms with van der Waals surface area (Å²) in [6.07, 6.45) is -1.20. The van der Waals surface area contributed by atoms with E-state index in [9.17, 15) is 18.0 Å². The number of amides is 1. The average molecular weight is 365 g/mol. The molecule has 1 N–H and O–H groups in total. The second-order valence-corrected chi connectivity index (χ2v) is 5.96. The van der Waals surface area contributed by atoms with E-state index >= 15 is 0 Å². The molecule has 5 nitrogen and oxygen atoms in total. The number of piperazine rings is 1. The molecule has 1 fully saturated rings. The van der Waals surface area contributed by atoms with E-state index in [1.54, 1.807) is 17.3 Å². The van der Waals surface area contributed by atoms with E-state index in [1.165, 1.54) is 24.3 Å². The molecule has 1 aliphatic heterocycles. The summed E-state index contributed by atoms with van der Waals surface area (Å²) in [7, 11) is 0. The molecule has 0 bridgehead atoms. The molecule has 0 radical (unpaired) electrons. The normalized spacial score (nSPS) is 17.8. The molecule has 1 aliphatic rings. The van der Waals surface area contributed by atoms with Gasteiger partial charge in [-0.2, -0.15) is 0 Å². The van der Waals surface area contributed by atoms with Gasteiger partial charge in [0.1, 0.15) is 5.75 Å². The van der Waals surface area contributed by atoms with Crippen molar-refractivity contribution in [3.8, 4) is 5.75 Å². The SMILES string of the molecule is O=C(Cc1ccc(OC(F)(F)F)cc1)N1CCNCC1c1cccnc1. The summed E-state index contributed by atoms with van der Waals surface area (Å²) in [5.41, 5.74) is 1.58. The smallest absolute Gasteiger partial charge is 0.406 e. The number of aromatic nitrogens is 1. The van der Waals surface area contributed by atoms with Crippen LogP contribution in [0.15, 0.2) is 48.8 Å². The lowest BCUT2D eigenvalue weighted by molar-refractivity contribution is -0.274. The van der Waals surface area contributed by atoms with Crippen molar-refractivity contribution in [2.75, 3.05) is 19.6 Å². The van der Waals surface area contributed by atoms with E-state index in [0.717, 1.165) is 5.56 Å². The van der Waals surface area contributed by atoms with Crippen molar-refractivity contribution in [2.45, 2.75) is 18.8 Å². The van der Waals surface area contributed by atoms with Gasteiger partial charge in [-0.1, -0.05) is 18.2 Å². The van der Waals surface area contributed by atoms with Gasteiger partial charge in [0, 0.05) is 32.0 Å². The van der Waals surface area contributed by atoms with Crippen LogP contribution in [0, 0.1) is 0 Å². The van der Waals surface area contributed by atoms with Crippen molar-refractivity contribution in [1.82, 2.24) is 15.2 Å². The molecular weight excluding hydrogens is 347 g/mol. The second kappa shape index (κ2) is 7.74. The number of ether oxygens (including phenoxy) is 1. The average Bonchev–Trinajstić information content (AvgIpc) is 2.63. The molecule has 1 aromatic carbocycles. The Morgan fingerprint density at radius 2 is 2.04 bits per heavy atom.